The van der Waals surface area contributed by atoms with E-state index in [1.165, 1.54) is 58.5 Å². The summed E-state index contributed by atoms with van der Waals surface area (Å²) in [6.45, 7) is 24.5. The van der Waals surface area contributed by atoms with Gasteiger partial charge in [-0.05, 0) is 151 Å². The highest BCUT2D eigenvalue weighted by Gasteiger charge is 2.70. The minimum Gasteiger partial charge on any atom is -0.508 e. The molecule has 4 saturated carbocycles. The Hall–Kier alpha value is -1.55. The highest BCUT2D eigenvalue weighted by Crippen LogP contribution is 2.77. The molecule has 4 aliphatic rings. The second kappa shape index (κ2) is 11.9. The number of methoxy groups -OCH3 is 1. The smallest absolute Gasteiger partial charge is 0.323 e. The molecule has 0 radical (unpaired) electrons. The molecule has 0 amide bonds. The summed E-state index contributed by atoms with van der Waals surface area (Å²) in [6, 6.07) is 6.75. The monoisotopic (exact) mass is 607 g/mol. The standard InChI is InChI=1S/C40H65NO3/c1-26-24-33-38(7)20-16-27(2)37(5,6)32(38)18-22-39(33,8)40(9)21-17-30(34(26)40)36(3,4)19-11-23-41-31(35(43)44-10)25-28-12-14-29(42)15-13-28/h12-15,26-27,30-34,41-42H,11,16-25H2,1-10H3/t26?,27-,30?,31+,32?,33?,34+,38-,39+,40+/m0/s1. The number of hydrogen-bond acceptors (Lipinski definition) is 4. The van der Waals surface area contributed by atoms with Crippen molar-refractivity contribution in [3.8, 4) is 5.75 Å². The Balaban J connectivity index is 1.26. The van der Waals surface area contributed by atoms with Crippen LogP contribution in [0.3, 0.4) is 0 Å². The van der Waals surface area contributed by atoms with Crippen LogP contribution in [0.15, 0.2) is 24.3 Å². The van der Waals surface area contributed by atoms with Crippen LogP contribution in [0.25, 0.3) is 0 Å². The molecule has 1 aromatic rings. The van der Waals surface area contributed by atoms with Crippen molar-refractivity contribution in [3.63, 3.8) is 0 Å². The van der Waals surface area contributed by atoms with Crippen molar-refractivity contribution < 1.29 is 14.6 Å². The fourth-order valence-corrected chi connectivity index (χ4v) is 12.5. The second-order valence-corrected chi connectivity index (χ2v) is 18.1. The number of hydrogen-bond donors (Lipinski definition) is 2. The third kappa shape index (κ3) is 5.45. The minimum atomic E-state index is -0.373. The lowest BCUT2D eigenvalue weighted by atomic mass is 9.34. The van der Waals surface area contributed by atoms with Gasteiger partial charge in [0.1, 0.15) is 11.8 Å². The van der Waals surface area contributed by atoms with Gasteiger partial charge >= 0.3 is 5.97 Å². The summed E-state index contributed by atoms with van der Waals surface area (Å²) in [7, 11) is 1.47. The van der Waals surface area contributed by atoms with E-state index in [0.717, 1.165) is 54.0 Å². The summed E-state index contributed by atoms with van der Waals surface area (Å²) in [5.74, 6) is 4.86. The van der Waals surface area contributed by atoms with Crippen LogP contribution < -0.4 is 5.32 Å². The lowest BCUT2D eigenvalue weighted by Crippen LogP contribution is -2.64. The van der Waals surface area contributed by atoms with E-state index in [1.807, 2.05) is 12.1 Å². The van der Waals surface area contributed by atoms with E-state index in [4.69, 9.17) is 4.74 Å². The van der Waals surface area contributed by atoms with Crippen molar-refractivity contribution in [2.75, 3.05) is 13.7 Å². The molecule has 44 heavy (non-hydrogen) atoms. The maximum atomic E-state index is 12.6. The van der Waals surface area contributed by atoms with Crippen LogP contribution in [0.1, 0.15) is 126 Å². The fourth-order valence-electron chi connectivity index (χ4n) is 12.5. The first-order valence-corrected chi connectivity index (χ1v) is 18.1. The molecule has 2 N–H and O–H groups in total. The number of phenolic OH excluding ortho intramolecular Hbond substituents is 1. The lowest BCUT2D eigenvalue weighted by Gasteiger charge is -2.71. The molecule has 4 unspecified atom stereocenters. The predicted molar refractivity (Wildman–Crippen MR) is 181 cm³/mol. The van der Waals surface area contributed by atoms with Crippen LogP contribution in [0.2, 0.25) is 0 Å². The largest absolute Gasteiger partial charge is 0.508 e. The first-order chi connectivity index (χ1) is 20.5. The first kappa shape index (κ1) is 33.8. The zero-order valence-corrected chi connectivity index (χ0v) is 29.9. The van der Waals surface area contributed by atoms with E-state index in [9.17, 15) is 9.90 Å². The van der Waals surface area contributed by atoms with Crippen LogP contribution in [0.4, 0.5) is 0 Å². The maximum Gasteiger partial charge on any atom is 0.323 e. The number of ether oxygens (including phenoxy) is 1. The molecule has 0 aromatic heterocycles. The van der Waals surface area contributed by atoms with E-state index in [2.05, 4.69) is 67.6 Å². The van der Waals surface area contributed by atoms with E-state index in [1.54, 1.807) is 12.1 Å². The van der Waals surface area contributed by atoms with Crippen molar-refractivity contribution in [2.24, 2.45) is 62.6 Å². The number of rotatable bonds is 9. The normalized spacial score (nSPS) is 40.4. The van der Waals surface area contributed by atoms with Crippen molar-refractivity contribution >= 4 is 5.97 Å². The van der Waals surface area contributed by atoms with Crippen molar-refractivity contribution in [2.45, 2.75) is 133 Å². The highest BCUT2D eigenvalue weighted by atomic mass is 16.5. The first-order valence-electron chi connectivity index (χ1n) is 18.1. The van der Waals surface area contributed by atoms with Crippen LogP contribution in [-0.4, -0.2) is 30.8 Å². The fraction of sp³-hybridized carbons (Fsp3) is 0.825. The topological polar surface area (TPSA) is 58.6 Å². The molecule has 0 heterocycles. The van der Waals surface area contributed by atoms with Crippen LogP contribution in [0, 0.1) is 62.6 Å². The molecule has 0 spiro atoms. The van der Waals surface area contributed by atoms with Crippen LogP contribution >= 0.6 is 0 Å². The number of nitrogens with one attached hydrogen (secondary N) is 1. The molecule has 4 fully saturated rings. The van der Waals surface area contributed by atoms with E-state index in [0.29, 0.717) is 28.1 Å². The number of aromatic hydroxyl groups is 1. The molecule has 4 aliphatic carbocycles. The van der Waals surface area contributed by atoms with Crippen LogP contribution in [-0.2, 0) is 16.0 Å². The number of carbonyl (C=O) groups is 1. The third-order valence-electron chi connectivity index (χ3n) is 15.5. The maximum absolute atomic E-state index is 12.6. The van der Waals surface area contributed by atoms with E-state index >= 15 is 0 Å². The number of carbonyl (C=O) groups excluding carboxylic acids is 1. The highest BCUT2D eigenvalue weighted by molar-refractivity contribution is 5.76. The Morgan fingerprint density at radius 1 is 0.977 bits per heavy atom. The number of fused-ring (bicyclic) bond motifs is 5. The molecule has 4 heteroatoms. The lowest BCUT2D eigenvalue weighted by molar-refractivity contribution is -0.225. The number of phenols is 1. The van der Waals surface area contributed by atoms with Gasteiger partial charge in [-0.25, -0.2) is 0 Å². The number of esters is 1. The van der Waals surface area contributed by atoms with Gasteiger partial charge in [0.05, 0.1) is 7.11 Å². The van der Waals surface area contributed by atoms with Crippen LogP contribution in [0.5, 0.6) is 5.75 Å². The average molecular weight is 608 g/mol. The summed E-state index contributed by atoms with van der Waals surface area (Å²) in [5, 5.41) is 13.2. The second-order valence-electron chi connectivity index (χ2n) is 18.1. The Bertz CT molecular complexity index is 1170. The van der Waals surface area contributed by atoms with Crippen molar-refractivity contribution in [1.29, 1.82) is 0 Å². The quantitative estimate of drug-likeness (QED) is 0.217. The molecule has 0 aliphatic heterocycles. The average Bonchev–Trinajstić information content (AvgIpc) is 3.35. The predicted octanol–water partition coefficient (Wildman–Crippen LogP) is 9.44. The third-order valence-corrected chi connectivity index (χ3v) is 15.5. The Morgan fingerprint density at radius 3 is 2.30 bits per heavy atom. The molecule has 0 saturated heterocycles. The molecule has 5 rings (SSSR count). The molecule has 0 bridgehead atoms. The molecular formula is C40H65NO3. The van der Waals surface area contributed by atoms with Gasteiger partial charge in [-0.1, -0.05) is 74.4 Å². The number of benzene rings is 1. The molecular weight excluding hydrogens is 542 g/mol. The molecule has 10 atom stereocenters. The van der Waals surface area contributed by atoms with Gasteiger partial charge in [0.2, 0.25) is 0 Å². The van der Waals surface area contributed by atoms with E-state index < -0.39 is 0 Å². The van der Waals surface area contributed by atoms with Gasteiger partial charge < -0.3 is 15.2 Å². The minimum absolute atomic E-state index is 0.220. The summed E-state index contributed by atoms with van der Waals surface area (Å²) < 4.78 is 5.13. The Kier molecular flexibility index (Phi) is 9.15. The molecule has 1 aromatic carbocycles. The van der Waals surface area contributed by atoms with Gasteiger partial charge in [0, 0.05) is 0 Å². The van der Waals surface area contributed by atoms with Gasteiger partial charge in [-0.3, -0.25) is 4.79 Å². The summed E-state index contributed by atoms with van der Waals surface area (Å²) in [6.07, 6.45) is 12.6. The summed E-state index contributed by atoms with van der Waals surface area (Å²) in [4.78, 5) is 12.6. The van der Waals surface area contributed by atoms with Crippen molar-refractivity contribution in [1.82, 2.24) is 5.32 Å². The zero-order valence-electron chi connectivity index (χ0n) is 29.9. The van der Waals surface area contributed by atoms with Crippen molar-refractivity contribution in [3.05, 3.63) is 29.8 Å². The Labute approximate surface area is 269 Å². The molecule has 4 nitrogen and oxygen atoms in total. The van der Waals surface area contributed by atoms with Gasteiger partial charge in [0.25, 0.3) is 0 Å². The van der Waals surface area contributed by atoms with Gasteiger partial charge in [-0.15, -0.1) is 0 Å². The molecule has 248 valence electrons. The van der Waals surface area contributed by atoms with E-state index in [-0.39, 0.29) is 23.2 Å². The zero-order chi connectivity index (χ0) is 32.3. The van der Waals surface area contributed by atoms with Gasteiger partial charge in [0.15, 0.2) is 0 Å². The Morgan fingerprint density at radius 2 is 1.64 bits per heavy atom. The van der Waals surface area contributed by atoms with Gasteiger partial charge in [-0.2, -0.15) is 0 Å². The summed E-state index contributed by atoms with van der Waals surface area (Å²) in [5.41, 5.74) is 3.05. The summed E-state index contributed by atoms with van der Waals surface area (Å²) >= 11 is 0. The SMILES string of the molecule is COC(=O)[C@@H](Cc1ccc(O)cc1)NCCCC(C)(C)C1CC[C@]2(C)[C@@H]1C(C)CC1[C@@]3(C)CC[C@H](C)C(C)(C)C3CC[C@]12C.